The number of aromatic nitrogens is 1. The molecule has 1 aromatic rings. The molecule has 0 fully saturated rings. The van der Waals surface area contributed by atoms with Crippen molar-refractivity contribution in [3.63, 3.8) is 0 Å². The van der Waals surface area contributed by atoms with E-state index in [-0.39, 0.29) is 15.2 Å². The average molecular weight is 238 g/mol. The number of halogens is 3. The number of nitrogens with one attached hydrogen (secondary N) is 1. The maximum atomic E-state index is 12.4. The van der Waals surface area contributed by atoms with Gasteiger partial charge in [-0.05, 0) is 0 Å². The molecule has 0 saturated heterocycles. The molecule has 0 saturated carbocycles. The lowest BCUT2D eigenvalue weighted by atomic mass is 10.4. The van der Waals surface area contributed by atoms with Gasteiger partial charge in [-0.15, -0.1) is 0 Å². The number of thiazole rings is 1. The number of nitrogens with zero attached hydrogens (tertiary/aromatic N) is 2. The lowest BCUT2D eigenvalue weighted by Crippen LogP contribution is -2.22. The maximum Gasteiger partial charge on any atom is 0.262 e. The van der Waals surface area contributed by atoms with Crippen molar-refractivity contribution >= 4 is 28.1 Å². The van der Waals surface area contributed by atoms with Crippen LogP contribution in [0.25, 0.3) is 0 Å². The average Bonchev–Trinajstić information content (AvgIpc) is 2.42. The Labute approximate surface area is 88.3 Å². The third-order valence-corrected chi connectivity index (χ3v) is 2.54. The van der Waals surface area contributed by atoms with E-state index in [1.165, 1.54) is 0 Å². The Balaban J connectivity index is 2.66. The van der Waals surface area contributed by atoms with Crippen LogP contribution in [0.3, 0.4) is 0 Å². The van der Waals surface area contributed by atoms with Crippen LogP contribution in [0.1, 0.15) is 11.8 Å². The molecule has 0 aromatic carbocycles. The Hall–Kier alpha value is -0.930. The highest BCUT2D eigenvalue weighted by Crippen LogP contribution is 2.26. The summed E-state index contributed by atoms with van der Waals surface area (Å²) < 4.78 is 24.8. The van der Waals surface area contributed by atoms with Crippen LogP contribution >= 0.6 is 22.9 Å². The van der Waals surface area contributed by atoms with Crippen molar-refractivity contribution in [2.75, 3.05) is 11.9 Å². The van der Waals surface area contributed by atoms with E-state index in [1.54, 1.807) is 0 Å². The minimum Gasteiger partial charge on any atom is -0.355 e. The fraction of sp³-hybridized carbons (Fsp3) is 0.429. The van der Waals surface area contributed by atoms with Crippen molar-refractivity contribution in [3.05, 3.63) is 10.0 Å². The highest BCUT2D eigenvalue weighted by Gasteiger charge is 2.21. The number of nitriles is 1. The molecular weight excluding hydrogens is 232 g/mol. The molecule has 0 radical (unpaired) electrons. The zero-order valence-corrected chi connectivity index (χ0v) is 8.72. The third-order valence-electron chi connectivity index (χ3n) is 1.24. The number of rotatable bonds is 3. The second kappa shape index (κ2) is 4.07. The van der Waals surface area contributed by atoms with Crippen molar-refractivity contribution in [1.29, 1.82) is 5.26 Å². The minimum absolute atomic E-state index is 0.0411. The SMILES string of the molecule is CC(F)(F)CNc1nc(Cl)c(C#N)s1. The molecule has 1 aromatic heterocycles. The molecule has 0 aliphatic rings. The molecular formula is C7H6ClF2N3S. The lowest BCUT2D eigenvalue weighted by molar-refractivity contribution is 0.0368. The second-order valence-electron chi connectivity index (χ2n) is 2.67. The van der Waals surface area contributed by atoms with Gasteiger partial charge < -0.3 is 5.32 Å². The molecule has 1 heterocycles. The number of hydrogen-bond acceptors (Lipinski definition) is 4. The first kappa shape index (κ1) is 11.1. The summed E-state index contributed by atoms with van der Waals surface area (Å²) >= 11 is 6.50. The molecule has 1 rings (SSSR count). The first-order chi connectivity index (χ1) is 6.42. The monoisotopic (exact) mass is 237 g/mol. The van der Waals surface area contributed by atoms with Crippen molar-refractivity contribution in [2.24, 2.45) is 0 Å². The van der Waals surface area contributed by atoms with Gasteiger partial charge in [0.05, 0.1) is 6.54 Å². The maximum absolute atomic E-state index is 12.4. The van der Waals surface area contributed by atoms with E-state index in [4.69, 9.17) is 16.9 Å². The Morgan fingerprint density at radius 1 is 1.71 bits per heavy atom. The molecule has 0 aliphatic carbocycles. The second-order valence-corrected chi connectivity index (χ2v) is 4.03. The first-order valence-electron chi connectivity index (χ1n) is 3.60. The summed E-state index contributed by atoms with van der Waals surface area (Å²) in [5.41, 5.74) is 0. The number of alkyl halides is 2. The highest BCUT2D eigenvalue weighted by atomic mass is 35.5. The summed E-state index contributed by atoms with van der Waals surface area (Å²) in [5, 5.41) is 11.2. The predicted octanol–water partition coefficient (Wildman–Crippen LogP) is 2.74. The predicted molar refractivity (Wildman–Crippen MR) is 50.9 cm³/mol. The van der Waals surface area contributed by atoms with Gasteiger partial charge in [0.15, 0.2) is 10.3 Å². The minimum atomic E-state index is -2.81. The molecule has 3 nitrogen and oxygen atoms in total. The third kappa shape index (κ3) is 3.09. The van der Waals surface area contributed by atoms with Gasteiger partial charge >= 0.3 is 0 Å². The van der Waals surface area contributed by atoms with Crippen LogP contribution in [0, 0.1) is 11.3 Å². The smallest absolute Gasteiger partial charge is 0.262 e. The summed E-state index contributed by atoms with van der Waals surface area (Å²) in [6, 6.07) is 1.81. The Morgan fingerprint density at radius 3 is 2.79 bits per heavy atom. The Bertz CT molecular complexity index is 366. The van der Waals surface area contributed by atoms with Gasteiger partial charge in [-0.25, -0.2) is 13.8 Å². The normalized spacial score (nSPS) is 11.1. The number of hydrogen-bond donors (Lipinski definition) is 1. The van der Waals surface area contributed by atoms with Crippen LogP contribution in [0.5, 0.6) is 0 Å². The molecule has 1 N–H and O–H groups in total. The molecule has 0 bridgehead atoms. The summed E-state index contributed by atoms with van der Waals surface area (Å²) in [7, 11) is 0. The zero-order valence-electron chi connectivity index (χ0n) is 7.14. The van der Waals surface area contributed by atoms with Gasteiger partial charge in [0, 0.05) is 6.92 Å². The van der Waals surface area contributed by atoms with Gasteiger partial charge in [-0.3, -0.25) is 0 Å². The summed E-state index contributed by atoms with van der Waals surface area (Å²) in [4.78, 5) is 3.92. The van der Waals surface area contributed by atoms with Crippen molar-refractivity contribution in [1.82, 2.24) is 4.98 Å². The standard InChI is InChI=1S/C7H6ClF2N3S/c1-7(9,10)3-12-6-13-5(8)4(2-11)14-6/h3H2,1H3,(H,12,13). The van der Waals surface area contributed by atoms with E-state index < -0.39 is 12.5 Å². The molecule has 7 heteroatoms. The van der Waals surface area contributed by atoms with Crippen molar-refractivity contribution < 1.29 is 8.78 Å². The summed E-state index contributed by atoms with van der Waals surface area (Å²) in [5.74, 6) is -2.81. The molecule has 0 spiro atoms. The van der Waals surface area contributed by atoms with E-state index in [0.717, 1.165) is 18.3 Å². The van der Waals surface area contributed by atoms with E-state index >= 15 is 0 Å². The fourth-order valence-electron chi connectivity index (χ4n) is 0.677. The molecule has 76 valence electrons. The number of anilines is 1. The Kier molecular flexibility index (Phi) is 3.24. The Morgan fingerprint density at radius 2 is 2.36 bits per heavy atom. The largest absolute Gasteiger partial charge is 0.355 e. The summed E-state index contributed by atoms with van der Waals surface area (Å²) in [6.45, 7) is 0.266. The van der Waals surface area contributed by atoms with E-state index in [9.17, 15) is 8.78 Å². The van der Waals surface area contributed by atoms with Gasteiger partial charge in [0.1, 0.15) is 10.9 Å². The first-order valence-corrected chi connectivity index (χ1v) is 4.80. The van der Waals surface area contributed by atoms with Crippen molar-refractivity contribution in [3.8, 4) is 6.07 Å². The van der Waals surface area contributed by atoms with Crippen LogP contribution in [0.2, 0.25) is 5.15 Å². The van der Waals surface area contributed by atoms with E-state index in [2.05, 4.69) is 10.3 Å². The molecule has 0 amide bonds. The van der Waals surface area contributed by atoms with Gasteiger partial charge in [0.2, 0.25) is 0 Å². The van der Waals surface area contributed by atoms with Crippen LogP contribution in [0.4, 0.5) is 13.9 Å². The molecule has 0 atom stereocenters. The van der Waals surface area contributed by atoms with E-state index in [1.807, 2.05) is 6.07 Å². The van der Waals surface area contributed by atoms with Gasteiger partial charge in [-0.2, -0.15) is 5.26 Å². The lowest BCUT2D eigenvalue weighted by Gasteiger charge is -2.09. The molecule has 0 aliphatic heterocycles. The van der Waals surface area contributed by atoms with Gasteiger partial charge in [-0.1, -0.05) is 22.9 Å². The van der Waals surface area contributed by atoms with Crippen LogP contribution in [-0.2, 0) is 0 Å². The zero-order chi connectivity index (χ0) is 10.8. The summed E-state index contributed by atoms with van der Waals surface area (Å²) in [6.07, 6.45) is 0. The van der Waals surface area contributed by atoms with Gasteiger partial charge in [0.25, 0.3) is 5.92 Å². The fourth-order valence-corrected chi connectivity index (χ4v) is 1.62. The highest BCUT2D eigenvalue weighted by molar-refractivity contribution is 7.16. The molecule has 0 unspecified atom stereocenters. The topological polar surface area (TPSA) is 48.7 Å². The van der Waals surface area contributed by atoms with Crippen LogP contribution in [0.15, 0.2) is 0 Å². The van der Waals surface area contributed by atoms with Crippen LogP contribution < -0.4 is 5.32 Å². The quantitative estimate of drug-likeness (QED) is 0.879. The van der Waals surface area contributed by atoms with Crippen LogP contribution in [-0.4, -0.2) is 17.5 Å². The van der Waals surface area contributed by atoms with E-state index in [0.29, 0.717) is 0 Å². The molecule has 14 heavy (non-hydrogen) atoms. The van der Waals surface area contributed by atoms with Crippen molar-refractivity contribution in [2.45, 2.75) is 12.8 Å².